The number of unbranched alkanes of at least 4 members (excludes halogenated alkanes) is 1. The largest absolute Gasteiger partial charge is 0.396 e. The number of benzene rings is 1. The van der Waals surface area contributed by atoms with Gasteiger partial charge in [0, 0.05) is 30.3 Å². The second-order valence-corrected chi connectivity index (χ2v) is 5.69. The fourth-order valence-corrected chi connectivity index (χ4v) is 2.83. The molecule has 1 aliphatic heterocycles. The molecule has 6 heteroatoms. The fourth-order valence-electron chi connectivity index (χ4n) is 2.33. The quantitative estimate of drug-likeness (QED) is 0.667. The third-order valence-corrected chi connectivity index (χ3v) is 4.04. The minimum Gasteiger partial charge on any atom is -0.396 e. The third-order valence-electron chi connectivity index (χ3n) is 3.42. The molecule has 1 N–H and O–H groups in total. The molecule has 20 heavy (non-hydrogen) atoms. The van der Waals surface area contributed by atoms with Crippen molar-refractivity contribution in [3.63, 3.8) is 0 Å². The number of aliphatic hydroxyl groups excluding tert-OH is 1. The number of rotatable bonds is 5. The molecule has 0 amide bonds. The van der Waals surface area contributed by atoms with Crippen LogP contribution in [0, 0.1) is 5.82 Å². The zero-order chi connectivity index (χ0) is 14.5. The summed E-state index contributed by atoms with van der Waals surface area (Å²) in [6.07, 6.45) is 1.49. The highest BCUT2D eigenvalue weighted by molar-refractivity contribution is 6.35. The number of morpholine rings is 1. The van der Waals surface area contributed by atoms with Crippen LogP contribution in [0.4, 0.5) is 4.39 Å². The van der Waals surface area contributed by atoms with Gasteiger partial charge < -0.3 is 9.84 Å². The Balaban J connectivity index is 2.03. The third kappa shape index (κ3) is 4.06. The van der Waals surface area contributed by atoms with Crippen LogP contribution in [0.15, 0.2) is 12.1 Å². The Kier molecular flexibility index (Phi) is 6.05. The lowest BCUT2D eigenvalue weighted by Crippen LogP contribution is -2.39. The minimum absolute atomic E-state index is 0.0226. The van der Waals surface area contributed by atoms with Crippen LogP contribution in [0.5, 0.6) is 0 Å². The van der Waals surface area contributed by atoms with Gasteiger partial charge >= 0.3 is 0 Å². The first-order chi connectivity index (χ1) is 9.61. The van der Waals surface area contributed by atoms with Gasteiger partial charge in [-0.25, -0.2) is 4.39 Å². The summed E-state index contributed by atoms with van der Waals surface area (Å²) in [5.74, 6) is -0.480. The average molecular weight is 322 g/mol. The first kappa shape index (κ1) is 16.0. The van der Waals surface area contributed by atoms with Gasteiger partial charge in [0.2, 0.25) is 0 Å². The van der Waals surface area contributed by atoms with Crippen molar-refractivity contribution in [2.45, 2.75) is 18.9 Å². The van der Waals surface area contributed by atoms with Crippen molar-refractivity contribution < 1.29 is 14.2 Å². The lowest BCUT2D eigenvalue weighted by molar-refractivity contribution is -0.0306. The molecule has 0 radical (unpaired) electrons. The molecule has 0 spiro atoms. The summed E-state index contributed by atoms with van der Waals surface area (Å²) in [5.41, 5.74) is 0.639. The summed E-state index contributed by atoms with van der Waals surface area (Å²) in [4.78, 5) is 2.24. The molecule has 112 valence electrons. The number of ether oxygens (including phenoxy) is 1. The van der Waals surface area contributed by atoms with Crippen molar-refractivity contribution in [1.29, 1.82) is 0 Å². The van der Waals surface area contributed by atoms with Crippen LogP contribution in [0.3, 0.4) is 0 Å². The number of aliphatic hydroxyl groups is 1. The van der Waals surface area contributed by atoms with E-state index < -0.39 is 5.82 Å². The molecule has 1 fully saturated rings. The Hall–Kier alpha value is -0.390. The van der Waals surface area contributed by atoms with Gasteiger partial charge in [0.25, 0.3) is 0 Å². The molecule has 1 heterocycles. The maximum atomic E-state index is 13.6. The van der Waals surface area contributed by atoms with E-state index in [1.54, 1.807) is 0 Å². The highest BCUT2D eigenvalue weighted by Crippen LogP contribution is 2.32. The smallest absolute Gasteiger partial charge is 0.142 e. The topological polar surface area (TPSA) is 32.7 Å². The predicted molar refractivity (Wildman–Crippen MR) is 77.9 cm³/mol. The molecule has 1 aromatic carbocycles. The van der Waals surface area contributed by atoms with E-state index >= 15 is 0 Å². The molecular formula is C14H18Cl2FNO2. The number of hydrogen-bond acceptors (Lipinski definition) is 3. The highest BCUT2D eigenvalue weighted by Gasteiger charge is 2.24. The lowest BCUT2D eigenvalue weighted by Gasteiger charge is -2.33. The normalized spacial score (nSPS) is 20.3. The zero-order valence-corrected chi connectivity index (χ0v) is 12.6. The Bertz CT molecular complexity index is 459. The van der Waals surface area contributed by atoms with E-state index in [2.05, 4.69) is 4.90 Å². The number of nitrogens with zero attached hydrogens (tertiary/aromatic N) is 1. The molecule has 1 saturated heterocycles. The van der Waals surface area contributed by atoms with E-state index in [1.165, 1.54) is 12.1 Å². The highest BCUT2D eigenvalue weighted by atomic mass is 35.5. The van der Waals surface area contributed by atoms with E-state index in [4.69, 9.17) is 33.0 Å². The minimum atomic E-state index is -0.480. The van der Waals surface area contributed by atoms with E-state index in [0.29, 0.717) is 23.7 Å². The molecule has 3 nitrogen and oxygen atoms in total. The van der Waals surface area contributed by atoms with Crippen LogP contribution < -0.4 is 0 Å². The first-order valence-electron chi connectivity index (χ1n) is 6.71. The Morgan fingerprint density at radius 2 is 2.10 bits per heavy atom. The standard InChI is InChI=1S/C14H18Cl2FNO2/c15-11-8-12(16)13(17)7-10(11)14-9-18(4-6-20-14)3-1-2-5-19/h7-8,14,19H,1-6,9H2/t14-/m1/s1. The van der Waals surface area contributed by atoms with Gasteiger partial charge in [0.15, 0.2) is 0 Å². The van der Waals surface area contributed by atoms with E-state index in [9.17, 15) is 4.39 Å². The van der Waals surface area contributed by atoms with E-state index in [-0.39, 0.29) is 17.7 Å². The Labute approximate surface area is 128 Å². The van der Waals surface area contributed by atoms with Gasteiger partial charge in [0.05, 0.1) is 17.7 Å². The summed E-state index contributed by atoms with van der Waals surface area (Å²) in [6.45, 7) is 3.21. The number of hydrogen-bond donors (Lipinski definition) is 1. The summed E-state index contributed by atoms with van der Waals surface area (Å²) >= 11 is 11.8. The molecule has 1 aliphatic rings. The van der Waals surface area contributed by atoms with Crippen molar-refractivity contribution in [1.82, 2.24) is 4.90 Å². The second kappa shape index (κ2) is 7.57. The monoisotopic (exact) mass is 321 g/mol. The molecule has 0 bridgehead atoms. The molecule has 2 rings (SSSR count). The van der Waals surface area contributed by atoms with Gasteiger partial charge in [-0.1, -0.05) is 23.2 Å². The molecule has 1 aromatic rings. The van der Waals surface area contributed by atoms with Crippen LogP contribution >= 0.6 is 23.2 Å². The molecule has 1 atom stereocenters. The Morgan fingerprint density at radius 3 is 2.85 bits per heavy atom. The van der Waals surface area contributed by atoms with Gasteiger partial charge in [-0.15, -0.1) is 0 Å². The maximum absolute atomic E-state index is 13.6. The SMILES string of the molecule is OCCCCN1CCO[C@@H](c2cc(F)c(Cl)cc2Cl)C1. The van der Waals surface area contributed by atoms with Crippen molar-refractivity contribution in [3.8, 4) is 0 Å². The molecule has 0 aromatic heterocycles. The first-order valence-corrected chi connectivity index (χ1v) is 7.46. The van der Waals surface area contributed by atoms with Gasteiger partial charge in [-0.05, 0) is 31.5 Å². The Morgan fingerprint density at radius 1 is 1.30 bits per heavy atom. The molecule has 0 saturated carbocycles. The van der Waals surface area contributed by atoms with E-state index in [0.717, 1.165) is 25.9 Å². The van der Waals surface area contributed by atoms with Crippen LogP contribution in [0.2, 0.25) is 10.0 Å². The van der Waals surface area contributed by atoms with E-state index in [1.807, 2.05) is 0 Å². The summed E-state index contributed by atoms with van der Waals surface area (Å²) < 4.78 is 19.3. The van der Waals surface area contributed by atoms with Crippen LogP contribution in [-0.2, 0) is 4.74 Å². The van der Waals surface area contributed by atoms with Crippen molar-refractivity contribution in [2.75, 3.05) is 32.8 Å². The predicted octanol–water partition coefficient (Wildman–Crippen LogP) is 3.28. The summed E-state index contributed by atoms with van der Waals surface area (Å²) in [5, 5.41) is 9.26. The molecule has 0 unspecified atom stereocenters. The van der Waals surface area contributed by atoms with Crippen molar-refractivity contribution in [3.05, 3.63) is 33.6 Å². The zero-order valence-electron chi connectivity index (χ0n) is 11.1. The number of halogens is 3. The lowest BCUT2D eigenvalue weighted by atomic mass is 10.1. The van der Waals surface area contributed by atoms with Crippen molar-refractivity contribution in [2.24, 2.45) is 0 Å². The van der Waals surface area contributed by atoms with Gasteiger partial charge in [-0.3, -0.25) is 4.90 Å². The average Bonchev–Trinajstić information content (AvgIpc) is 2.43. The summed E-state index contributed by atoms with van der Waals surface area (Å²) in [6, 6.07) is 2.77. The van der Waals surface area contributed by atoms with Crippen LogP contribution in [-0.4, -0.2) is 42.9 Å². The maximum Gasteiger partial charge on any atom is 0.142 e. The van der Waals surface area contributed by atoms with Gasteiger partial charge in [-0.2, -0.15) is 0 Å². The van der Waals surface area contributed by atoms with Crippen LogP contribution in [0.1, 0.15) is 24.5 Å². The van der Waals surface area contributed by atoms with Crippen molar-refractivity contribution >= 4 is 23.2 Å². The molecule has 0 aliphatic carbocycles. The van der Waals surface area contributed by atoms with Crippen LogP contribution in [0.25, 0.3) is 0 Å². The summed E-state index contributed by atoms with van der Waals surface area (Å²) in [7, 11) is 0. The van der Waals surface area contributed by atoms with Gasteiger partial charge in [0.1, 0.15) is 5.82 Å². The fraction of sp³-hybridized carbons (Fsp3) is 0.571. The second-order valence-electron chi connectivity index (χ2n) is 4.88. The molecular weight excluding hydrogens is 304 g/mol.